The Bertz CT molecular complexity index is 554. The zero-order valence-corrected chi connectivity index (χ0v) is 17.6. The summed E-state index contributed by atoms with van der Waals surface area (Å²) in [5.74, 6) is 1.46. The summed E-state index contributed by atoms with van der Waals surface area (Å²) in [7, 11) is 1.69. The van der Waals surface area contributed by atoms with E-state index in [2.05, 4.69) is 27.7 Å². The van der Waals surface area contributed by atoms with Crippen molar-refractivity contribution in [2.75, 3.05) is 14.2 Å². The Morgan fingerprint density at radius 3 is 1.87 bits per heavy atom. The van der Waals surface area contributed by atoms with Crippen LogP contribution in [-0.2, 0) is 10.8 Å². The molecule has 0 heterocycles. The SMILES string of the molecule is COc1ccc(S(=O)C(C)(C)C)c(P(C(C)C)C(C)C)c1OC. The highest BCUT2D eigenvalue weighted by Crippen LogP contribution is 2.51. The van der Waals surface area contributed by atoms with Gasteiger partial charge in [0.25, 0.3) is 0 Å². The van der Waals surface area contributed by atoms with Gasteiger partial charge >= 0.3 is 0 Å². The van der Waals surface area contributed by atoms with Crippen LogP contribution in [0.4, 0.5) is 0 Å². The first kappa shape index (κ1) is 20.4. The molecule has 0 aliphatic heterocycles. The van der Waals surface area contributed by atoms with Crippen LogP contribution in [0.3, 0.4) is 0 Å². The predicted octanol–water partition coefficient (Wildman–Crippen LogP) is 4.53. The lowest BCUT2D eigenvalue weighted by molar-refractivity contribution is 0.356. The quantitative estimate of drug-likeness (QED) is 0.701. The lowest BCUT2D eigenvalue weighted by atomic mass is 10.3. The molecule has 0 N–H and O–H groups in total. The Labute approximate surface area is 145 Å². The van der Waals surface area contributed by atoms with Crippen LogP contribution >= 0.6 is 7.92 Å². The maximum absolute atomic E-state index is 13.1. The van der Waals surface area contributed by atoms with Crippen LogP contribution in [-0.4, -0.2) is 34.5 Å². The van der Waals surface area contributed by atoms with Gasteiger partial charge in [-0.3, -0.25) is 4.21 Å². The zero-order valence-electron chi connectivity index (χ0n) is 15.9. The molecule has 0 radical (unpaired) electrons. The van der Waals surface area contributed by atoms with Crippen LogP contribution in [0.1, 0.15) is 48.5 Å². The normalized spacial score (nSPS) is 13.7. The molecule has 3 nitrogen and oxygen atoms in total. The van der Waals surface area contributed by atoms with Crippen molar-refractivity contribution in [1.29, 1.82) is 0 Å². The minimum atomic E-state index is -1.11. The molecule has 1 rings (SSSR count). The molecular weight excluding hydrogens is 327 g/mol. The lowest BCUT2D eigenvalue weighted by Crippen LogP contribution is -2.28. The molecule has 0 amide bonds. The summed E-state index contributed by atoms with van der Waals surface area (Å²) < 4.78 is 24.0. The second-order valence-corrected chi connectivity index (χ2v) is 12.7. The van der Waals surface area contributed by atoms with E-state index in [1.807, 2.05) is 32.9 Å². The zero-order chi connectivity index (χ0) is 17.9. The number of hydrogen-bond donors (Lipinski definition) is 0. The van der Waals surface area contributed by atoms with Crippen molar-refractivity contribution >= 4 is 24.0 Å². The molecule has 0 saturated heterocycles. The van der Waals surface area contributed by atoms with Crippen LogP contribution in [0.15, 0.2) is 17.0 Å². The Balaban J connectivity index is 3.75. The average Bonchev–Trinajstić information content (AvgIpc) is 2.44. The van der Waals surface area contributed by atoms with Gasteiger partial charge < -0.3 is 9.47 Å². The van der Waals surface area contributed by atoms with Gasteiger partial charge in [-0.25, -0.2) is 0 Å². The minimum Gasteiger partial charge on any atom is -0.493 e. The van der Waals surface area contributed by atoms with E-state index < -0.39 is 18.7 Å². The van der Waals surface area contributed by atoms with Gasteiger partial charge in [0.1, 0.15) is 0 Å². The highest BCUT2D eigenvalue weighted by Gasteiger charge is 2.32. The maximum Gasteiger partial charge on any atom is 0.169 e. The predicted molar refractivity (Wildman–Crippen MR) is 103 cm³/mol. The summed E-state index contributed by atoms with van der Waals surface area (Å²) in [5.41, 5.74) is 0.948. The van der Waals surface area contributed by atoms with E-state index in [0.717, 1.165) is 15.9 Å². The molecule has 1 aromatic carbocycles. The molecule has 0 bridgehead atoms. The lowest BCUT2D eigenvalue weighted by Gasteiger charge is -2.31. The first-order valence-corrected chi connectivity index (χ1v) is 10.6. The van der Waals surface area contributed by atoms with Gasteiger partial charge in [0.15, 0.2) is 11.5 Å². The van der Waals surface area contributed by atoms with Gasteiger partial charge in [0.05, 0.1) is 29.9 Å². The van der Waals surface area contributed by atoms with E-state index >= 15 is 0 Å². The van der Waals surface area contributed by atoms with Crippen LogP contribution in [0, 0.1) is 0 Å². The minimum absolute atomic E-state index is 0.316. The molecule has 132 valence electrons. The number of hydrogen-bond acceptors (Lipinski definition) is 3. The van der Waals surface area contributed by atoms with Gasteiger partial charge in [0.2, 0.25) is 0 Å². The molecule has 0 aliphatic carbocycles. The monoisotopic (exact) mass is 358 g/mol. The molecular formula is C18H31O3PS. The summed E-state index contributed by atoms with van der Waals surface area (Å²) in [6, 6.07) is 3.83. The van der Waals surface area contributed by atoms with E-state index in [1.165, 1.54) is 0 Å². The van der Waals surface area contributed by atoms with Crippen molar-refractivity contribution in [2.24, 2.45) is 0 Å². The number of ether oxygens (including phenoxy) is 2. The third kappa shape index (κ3) is 4.48. The molecule has 0 aromatic heterocycles. The van der Waals surface area contributed by atoms with Crippen molar-refractivity contribution in [2.45, 2.75) is 69.4 Å². The smallest absolute Gasteiger partial charge is 0.169 e. The summed E-state index contributed by atoms with van der Waals surface area (Å²) in [6.07, 6.45) is 0. The third-order valence-corrected chi connectivity index (χ3v) is 8.80. The van der Waals surface area contributed by atoms with Gasteiger partial charge in [-0.05, 0) is 44.2 Å². The van der Waals surface area contributed by atoms with Gasteiger partial charge in [-0.15, -0.1) is 0 Å². The van der Waals surface area contributed by atoms with E-state index in [0.29, 0.717) is 17.1 Å². The number of rotatable bonds is 6. The standard InChI is InChI=1S/C18H31O3PS/c1-12(2)22(13(3)4)17-15(23(19)18(5,6)7)11-10-14(20-8)16(17)21-9/h10-13H,1-9H3. The van der Waals surface area contributed by atoms with Gasteiger partial charge in [-0.2, -0.15) is 0 Å². The Hall–Kier alpha value is -0.600. The molecule has 23 heavy (non-hydrogen) atoms. The Kier molecular flexibility index (Phi) is 7.10. The van der Waals surface area contributed by atoms with Crippen LogP contribution < -0.4 is 14.8 Å². The Morgan fingerprint density at radius 1 is 1.00 bits per heavy atom. The van der Waals surface area contributed by atoms with Crippen LogP contribution in [0.5, 0.6) is 11.5 Å². The molecule has 0 spiro atoms. The maximum atomic E-state index is 13.1. The summed E-state index contributed by atoms with van der Waals surface area (Å²) in [4.78, 5) is 0.892. The fraction of sp³-hybridized carbons (Fsp3) is 0.667. The van der Waals surface area contributed by atoms with E-state index in [-0.39, 0.29) is 4.75 Å². The van der Waals surface area contributed by atoms with Crippen molar-refractivity contribution in [3.63, 3.8) is 0 Å². The average molecular weight is 358 g/mol. The topological polar surface area (TPSA) is 35.5 Å². The molecule has 0 fully saturated rings. The molecule has 5 heteroatoms. The third-order valence-electron chi connectivity index (χ3n) is 3.61. The largest absolute Gasteiger partial charge is 0.493 e. The summed E-state index contributed by atoms with van der Waals surface area (Å²) >= 11 is 0. The molecule has 0 aliphatic rings. The summed E-state index contributed by atoms with van der Waals surface area (Å²) in [6.45, 7) is 15.0. The first-order chi connectivity index (χ1) is 10.6. The molecule has 0 saturated carbocycles. The first-order valence-electron chi connectivity index (χ1n) is 8.01. The van der Waals surface area contributed by atoms with Crippen LogP contribution in [0.25, 0.3) is 0 Å². The molecule has 1 aromatic rings. The number of methoxy groups -OCH3 is 2. The second kappa shape index (κ2) is 7.98. The van der Waals surface area contributed by atoms with Crippen molar-refractivity contribution in [1.82, 2.24) is 0 Å². The fourth-order valence-electron chi connectivity index (χ4n) is 2.73. The van der Waals surface area contributed by atoms with E-state index in [4.69, 9.17) is 9.47 Å². The Morgan fingerprint density at radius 2 is 1.52 bits per heavy atom. The molecule has 1 unspecified atom stereocenters. The highest BCUT2D eigenvalue weighted by atomic mass is 32.2. The van der Waals surface area contributed by atoms with Crippen LogP contribution in [0.2, 0.25) is 0 Å². The fourth-order valence-corrected chi connectivity index (χ4v) is 7.40. The number of benzene rings is 1. The molecule has 1 atom stereocenters. The van der Waals surface area contributed by atoms with E-state index in [1.54, 1.807) is 14.2 Å². The van der Waals surface area contributed by atoms with Gasteiger partial charge in [0, 0.05) is 10.1 Å². The summed E-state index contributed by atoms with van der Waals surface area (Å²) in [5, 5.41) is 1.10. The van der Waals surface area contributed by atoms with Crippen molar-refractivity contribution in [3.05, 3.63) is 12.1 Å². The van der Waals surface area contributed by atoms with Crippen molar-refractivity contribution in [3.8, 4) is 11.5 Å². The van der Waals surface area contributed by atoms with Crippen molar-refractivity contribution < 1.29 is 13.7 Å². The highest BCUT2D eigenvalue weighted by molar-refractivity contribution is 7.87. The van der Waals surface area contributed by atoms with Gasteiger partial charge in [-0.1, -0.05) is 35.6 Å². The van der Waals surface area contributed by atoms with E-state index in [9.17, 15) is 4.21 Å². The second-order valence-electron chi connectivity index (χ2n) is 7.12.